The normalized spacial score (nSPS) is 21.0. The maximum Gasteiger partial charge on any atom is 0.336 e. The fraction of sp³-hybridized carbons (Fsp3) is 0.474. The van der Waals surface area contributed by atoms with Crippen molar-refractivity contribution in [2.24, 2.45) is 5.92 Å². The van der Waals surface area contributed by atoms with Crippen LogP contribution in [0.5, 0.6) is 0 Å². The van der Waals surface area contributed by atoms with Crippen LogP contribution in [0.1, 0.15) is 51.5 Å². The van der Waals surface area contributed by atoms with Crippen LogP contribution >= 0.6 is 11.3 Å². The summed E-state index contributed by atoms with van der Waals surface area (Å²) in [5, 5.41) is 7.30. The number of hydrogen-bond acceptors (Lipinski definition) is 5. The standard InChI is InChI=1S/C19H23NO3S/c1-11(2)9-23-19(22)16-12(3)20-14-5-4-6-15(21)18(14)17(16)13-7-8-24-10-13/h7-8,10-11,17,20H,4-6,9H2,1-3H3/t17-/m0/s1. The predicted molar refractivity (Wildman–Crippen MR) is 94.6 cm³/mol. The third kappa shape index (κ3) is 3.18. The minimum absolute atomic E-state index is 0.140. The second kappa shape index (κ2) is 6.93. The van der Waals surface area contributed by atoms with Crippen LogP contribution in [0.3, 0.4) is 0 Å². The molecule has 0 aromatic carbocycles. The fourth-order valence-electron chi connectivity index (χ4n) is 3.35. The number of rotatable bonds is 4. The van der Waals surface area contributed by atoms with Crippen molar-refractivity contribution in [1.82, 2.24) is 5.32 Å². The van der Waals surface area contributed by atoms with Crippen LogP contribution in [0.4, 0.5) is 0 Å². The first-order valence-corrected chi connectivity index (χ1v) is 9.36. The van der Waals surface area contributed by atoms with Gasteiger partial charge in [0, 0.05) is 29.3 Å². The maximum absolute atomic E-state index is 12.7. The molecule has 1 atom stereocenters. The summed E-state index contributed by atoms with van der Waals surface area (Å²) in [4.78, 5) is 25.4. The zero-order chi connectivity index (χ0) is 17.3. The van der Waals surface area contributed by atoms with Gasteiger partial charge in [0.25, 0.3) is 0 Å². The molecule has 4 nitrogen and oxygen atoms in total. The molecule has 3 rings (SSSR count). The van der Waals surface area contributed by atoms with Gasteiger partial charge in [0.2, 0.25) is 0 Å². The molecular formula is C19H23NO3S. The number of Topliss-reactive ketones (excluding diaryl/α,β-unsaturated/α-hetero) is 1. The highest BCUT2D eigenvalue weighted by Crippen LogP contribution is 2.42. The first-order valence-electron chi connectivity index (χ1n) is 8.42. The molecule has 1 N–H and O–H groups in total. The Morgan fingerprint density at radius 2 is 2.21 bits per heavy atom. The molecule has 5 heteroatoms. The summed E-state index contributed by atoms with van der Waals surface area (Å²) >= 11 is 1.58. The molecule has 1 aliphatic carbocycles. The molecule has 2 heterocycles. The van der Waals surface area contributed by atoms with E-state index < -0.39 is 0 Å². The minimum Gasteiger partial charge on any atom is -0.462 e. The summed E-state index contributed by atoms with van der Waals surface area (Å²) in [6, 6.07) is 2.00. The smallest absolute Gasteiger partial charge is 0.336 e. The fourth-order valence-corrected chi connectivity index (χ4v) is 4.03. The number of nitrogens with one attached hydrogen (secondary N) is 1. The monoisotopic (exact) mass is 345 g/mol. The second-order valence-electron chi connectivity index (χ2n) is 6.81. The molecule has 1 aromatic rings. The van der Waals surface area contributed by atoms with Crippen molar-refractivity contribution in [2.45, 2.75) is 46.0 Å². The highest BCUT2D eigenvalue weighted by Gasteiger charge is 2.39. The lowest BCUT2D eigenvalue weighted by Gasteiger charge is -2.33. The van der Waals surface area contributed by atoms with Crippen LogP contribution in [0.15, 0.2) is 39.4 Å². The van der Waals surface area contributed by atoms with Crippen molar-refractivity contribution in [3.8, 4) is 0 Å². The Labute approximate surface area is 146 Å². The van der Waals surface area contributed by atoms with Crippen molar-refractivity contribution in [1.29, 1.82) is 0 Å². The number of ketones is 1. The molecule has 0 saturated carbocycles. The number of carbonyl (C=O) groups excluding carboxylic acids is 2. The van der Waals surface area contributed by atoms with E-state index in [0.29, 0.717) is 18.6 Å². The lowest BCUT2D eigenvalue weighted by Crippen LogP contribution is -2.34. The number of dihydropyridines is 1. The van der Waals surface area contributed by atoms with Gasteiger partial charge in [0.15, 0.2) is 5.78 Å². The summed E-state index contributed by atoms with van der Waals surface area (Å²) in [5.41, 5.74) is 4.10. The third-order valence-electron chi connectivity index (χ3n) is 4.42. The van der Waals surface area contributed by atoms with E-state index in [1.54, 1.807) is 11.3 Å². The SMILES string of the molecule is CC1=C(C(=O)OCC(C)C)[C@H](c2ccsc2)C2=C(CCCC2=O)N1. The molecule has 1 aromatic heterocycles. The van der Waals surface area contributed by atoms with Crippen LogP contribution in [-0.4, -0.2) is 18.4 Å². The van der Waals surface area contributed by atoms with Gasteiger partial charge in [-0.2, -0.15) is 11.3 Å². The highest BCUT2D eigenvalue weighted by atomic mass is 32.1. The van der Waals surface area contributed by atoms with Crippen LogP contribution in [0.2, 0.25) is 0 Å². The van der Waals surface area contributed by atoms with Crippen LogP contribution in [-0.2, 0) is 14.3 Å². The molecule has 0 saturated heterocycles. The Balaban J connectivity index is 2.02. The lowest BCUT2D eigenvalue weighted by molar-refractivity contribution is -0.140. The lowest BCUT2D eigenvalue weighted by atomic mass is 9.76. The molecular weight excluding hydrogens is 322 g/mol. The van der Waals surface area contributed by atoms with Crippen LogP contribution in [0, 0.1) is 5.92 Å². The largest absolute Gasteiger partial charge is 0.462 e. The van der Waals surface area contributed by atoms with Crippen molar-refractivity contribution in [3.05, 3.63) is 44.9 Å². The highest BCUT2D eigenvalue weighted by molar-refractivity contribution is 7.08. The maximum atomic E-state index is 12.7. The molecule has 0 unspecified atom stereocenters. The quantitative estimate of drug-likeness (QED) is 0.841. The van der Waals surface area contributed by atoms with Crippen molar-refractivity contribution >= 4 is 23.1 Å². The molecule has 24 heavy (non-hydrogen) atoms. The number of ether oxygens (including phenoxy) is 1. The number of hydrogen-bond donors (Lipinski definition) is 1. The number of esters is 1. The summed E-state index contributed by atoms with van der Waals surface area (Å²) < 4.78 is 5.49. The van der Waals surface area contributed by atoms with Crippen LogP contribution < -0.4 is 5.32 Å². The topological polar surface area (TPSA) is 55.4 Å². The third-order valence-corrected chi connectivity index (χ3v) is 5.12. The zero-order valence-corrected chi connectivity index (χ0v) is 15.2. The Kier molecular flexibility index (Phi) is 4.90. The van der Waals surface area contributed by atoms with Gasteiger partial charge in [-0.05, 0) is 48.1 Å². The average molecular weight is 345 g/mol. The number of carbonyl (C=O) groups is 2. The van der Waals surface area contributed by atoms with E-state index in [1.807, 2.05) is 37.6 Å². The summed E-state index contributed by atoms with van der Waals surface area (Å²) in [7, 11) is 0. The second-order valence-corrected chi connectivity index (χ2v) is 7.59. The van der Waals surface area contributed by atoms with Gasteiger partial charge in [0.1, 0.15) is 0 Å². The van der Waals surface area contributed by atoms with Gasteiger partial charge < -0.3 is 10.1 Å². The van der Waals surface area contributed by atoms with Crippen molar-refractivity contribution in [2.75, 3.05) is 6.61 Å². The molecule has 0 bridgehead atoms. The Hall–Kier alpha value is -1.88. The summed E-state index contributed by atoms with van der Waals surface area (Å²) in [6.45, 7) is 6.30. The van der Waals surface area contributed by atoms with E-state index in [9.17, 15) is 9.59 Å². The molecule has 1 aliphatic heterocycles. The van der Waals surface area contributed by atoms with Gasteiger partial charge >= 0.3 is 5.97 Å². The van der Waals surface area contributed by atoms with E-state index in [4.69, 9.17) is 4.74 Å². The Morgan fingerprint density at radius 3 is 2.88 bits per heavy atom. The Morgan fingerprint density at radius 1 is 1.42 bits per heavy atom. The van der Waals surface area contributed by atoms with E-state index >= 15 is 0 Å². The summed E-state index contributed by atoms with van der Waals surface area (Å²) in [5.74, 6) is -0.214. The van der Waals surface area contributed by atoms with Gasteiger partial charge in [-0.15, -0.1) is 0 Å². The van der Waals surface area contributed by atoms with Crippen molar-refractivity contribution < 1.29 is 14.3 Å². The molecule has 128 valence electrons. The number of allylic oxidation sites excluding steroid dienone is 3. The van der Waals surface area contributed by atoms with Gasteiger partial charge in [-0.1, -0.05) is 13.8 Å². The van der Waals surface area contributed by atoms with E-state index in [2.05, 4.69) is 5.32 Å². The van der Waals surface area contributed by atoms with Crippen LogP contribution in [0.25, 0.3) is 0 Å². The summed E-state index contributed by atoms with van der Waals surface area (Å²) in [6.07, 6.45) is 2.27. The first kappa shape index (κ1) is 17.0. The molecule has 0 amide bonds. The van der Waals surface area contributed by atoms with Gasteiger partial charge in [-0.25, -0.2) is 4.79 Å². The Bertz CT molecular complexity index is 713. The first-order chi connectivity index (χ1) is 11.5. The molecule has 2 aliphatic rings. The van der Waals surface area contributed by atoms with E-state index in [1.165, 1.54) is 0 Å². The molecule has 0 radical (unpaired) electrons. The van der Waals surface area contributed by atoms with E-state index in [-0.39, 0.29) is 23.6 Å². The van der Waals surface area contributed by atoms with E-state index in [0.717, 1.165) is 35.4 Å². The number of thiophene rings is 1. The average Bonchev–Trinajstić information content (AvgIpc) is 3.05. The van der Waals surface area contributed by atoms with Gasteiger partial charge in [0.05, 0.1) is 12.2 Å². The molecule has 0 fully saturated rings. The predicted octanol–water partition coefficient (Wildman–Crippen LogP) is 3.92. The zero-order valence-electron chi connectivity index (χ0n) is 14.3. The van der Waals surface area contributed by atoms with Gasteiger partial charge in [-0.3, -0.25) is 4.79 Å². The minimum atomic E-state index is -0.324. The molecule has 0 spiro atoms. The van der Waals surface area contributed by atoms with Crippen molar-refractivity contribution in [3.63, 3.8) is 0 Å².